The van der Waals surface area contributed by atoms with Crippen LogP contribution in [0.25, 0.3) is 0 Å². The van der Waals surface area contributed by atoms with Crippen molar-refractivity contribution in [3.05, 3.63) is 51.5 Å². The molecule has 90 valence electrons. The molecule has 2 rings (SSSR count). The maximum atomic E-state index is 13.7. The van der Waals surface area contributed by atoms with Gasteiger partial charge < -0.3 is 5.32 Å². The fourth-order valence-electron chi connectivity index (χ4n) is 1.79. The lowest BCUT2D eigenvalue weighted by Crippen LogP contribution is -2.07. The molecule has 2 aromatic rings. The van der Waals surface area contributed by atoms with Gasteiger partial charge in [-0.25, -0.2) is 4.39 Å². The van der Waals surface area contributed by atoms with Crippen molar-refractivity contribution in [1.29, 1.82) is 0 Å². The molecular formula is C14H16FNS. The molecule has 1 nitrogen and oxygen atoms in total. The van der Waals surface area contributed by atoms with E-state index in [1.807, 2.05) is 13.0 Å². The molecule has 0 aliphatic rings. The Morgan fingerprint density at radius 3 is 2.53 bits per heavy atom. The second-order valence-electron chi connectivity index (χ2n) is 4.25. The summed E-state index contributed by atoms with van der Waals surface area (Å²) in [5.41, 5.74) is 1.54. The Morgan fingerprint density at radius 2 is 1.94 bits per heavy atom. The molecule has 0 saturated heterocycles. The van der Waals surface area contributed by atoms with Crippen LogP contribution in [0.3, 0.4) is 0 Å². The number of thiophene rings is 1. The molecule has 0 saturated carbocycles. The van der Waals surface area contributed by atoms with Crippen LogP contribution < -0.4 is 5.32 Å². The molecular weight excluding hydrogens is 233 g/mol. The van der Waals surface area contributed by atoms with E-state index in [0.717, 1.165) is 5.56 Å². The summed E-state index contributed by atoms with van der Waals surface area (Å²) in [7, 11) is 0. The lowest BCUT2D eigenvalue weighted by Gasteiger charge is -2.16. The van der Waals surface area contributed by atoms with Crippen molar-refractivity contribution in [3.63, 3.8) is 0 Å². The first kappa shape index (κ1) is 12.1. The van der Waals surface area contributed by atoms with Crippen LogP contribution >= 0.6 is 11.3 Å². The van der Waals surface area contributed by atoms with Crippen LogP contribution in [0.4, 0.5) is 10.1 Å². The molecule has 0 bridgehead atoms. The number of nitrogens with one attached hydrogen (secondary N) is 1. The lowest BCUT2D eigenvalue weighted by atomic mass is 10.1. The number of benzene rings is 1. The van der Waals surface area contributed by atoms with Gasteiger partial charge in [0, 0.05) is 9.75 Å². The first-order valence-electron chi connectivity index (χ1n) is 5.66. The largest absolute Gasteiger partial charge is 0.375 e. The molecule has 1 heterocycles. The Morgan fingerprint density at radius 1 is 1.18 bits per heavy atom. The third kappa shape index (κ3) is 2.67. The number of rotatable bonds is 3. The summed E-state index contributed by atoms with van der Waals surface area (Å²) in [6, 6.07) is 9.44. The molecule has 0 fully saturated rings. The highest BCUT2D eigenvalue weighted by molar-refractivity contribution is 7.12. The van der Waals surface area contributed by atoms with Gasteiger partial charge in [-0.15, -0.1) is 11.3 Å². The molecule has 1 unspecified atom stereocenters. The summed E-state index contributed by atoms with van der Waals surface area (Å²) in [6.07, 6.45) is 0. The van der Waals surface area contributed by atoms with Gasteiger partial charge in [0.05, 0.1) is 11.7 Å². The van der Waals surface area contributed by atoms with Gasteiger partial charge >= 0.3 is 0 Å². The zero-order chi connectivity index (χ0) is 12.4. The minimum absolute atomic E-state index is 0.129. The average Bonchev–Trinajstić information content (AvgIpc) is 2.70. The minimum Gasteiger partial charge on any atom is -0.375 e. The second kappa shape index (κ2) is 4.88. The van der Waals surface area contributed by atoms with E-state index in [9.17, 15) is 4.39 Å². The number of halogens is 1. The van der Waals surface area contributed by atoms with Crippen LogP contribution in [0.1, 0.15) is 28.3 Å². The third-order valence-corrected chi connectivity index (χ3v) is 3.95. The van der Waals surface area contributed by atoms with E-state index in [4.69, 9.17) is 0 Å². The molecule has 1 aromatic carbocycles. The number of hydrogen-bond acceptors (Lipinski definition) is 2. The van der Waals surface area contributed by atoms with Crippen molar-refractivity contribution in [1.82, 2.24) is 0 Å². The molecule has 1 atom stereocenters. The number of hydrogen-bond donors (Lipinski definition) is 1. The van der Waals surface area contributed by atoms with E-state index >= 15 is 0 Å². The van der Waals surface area contributed by atoms with Crippen molar-refractivity contribution in [2.75, 3.05) is 5.32 Å². The molecule has 17 heavy (non-hydrogen) atoms. The Hall–Kier alpha value is -1.35. The number of anilines is 1. The summed E-state index contributed by atoms with van der Waals surface area (Å²) in [5.74, 6) is -0.190. The highest BCUT2D eigenvalue weighted by Gasteiger charge is 2.11. The maximum Gasteiger partial charge on any atom is 0.146 e. The van der Waals surface area contributed by atoms with Crippen LogP contribution in [-0.2, 0) is 0 Å². The first-order chi connectivity index (χ1) is 8.08. The van der Waals surface area contributed by atoms with Crippen molar-refractivity contribution < 1.29 is 4.39 Å². The van der Waals surface area contributed by atoms with Crippen LogP contribution in [-0.4, -0.2) is 0 Å². The second-order valence-corrected chi connectivity index (χ2v) is 5.57. The fraction of sp³-hybridized carbons (Fsp3) is 0.286. The molecule has 0 spiro atoms. The first-order valence-corrected chi connectivity index (χ1v) is 6.47. The monoisotopic (exact) mass is 249 g/mol. The molecule has 3 heteroatoms. The predicted octanol–water partition coefficient (Wildman–Crippen LogP) is 4.68. The van der Waals surface area contributed by atoms with E-state index < -0.39 is 0 Å². The van der Waals surface area contributed by atoms with Crippen LogP contribution in [0.2, 0.25) is 0 Å². The Kier molecular flexibility index (Phi) is 3.48. The quantitative estimate of drug-likeness (QED) is 0.833. The standard InChI is InChI=1S/C14H16FNS/c1-9-5-4-6-12(15)14(9)16-11(3)13-8-7-10(2)17-13/h4-8,11,16H,1-3H3. The van der Waals surface area contributed by atoms with Gasteiger partial charge in [0.15, 0.2) is 0 Å². The highest BCUT2D eigenvalue weighted by atomic mass is 32.1. The van der Waals surface area contributed by atoms with Gasteiger partial charge in [-0.2, -0.15) is 0 Å². The van der Waals surface area contributed by atoms with Gasteiger partial charge in [-0.05, 0) is 44.5 Å². The van der Waals surface area contributed by atoms with Gasteiger partial charge in [-0.3, -0.25) is 0 Å². The van der Waals surface area contributed by atoms with Gasteiger partial charge in [0.25, 0.3) is 0 Å². The summed E-state index contributed by atoms with van der Waals surface area (Å²) in [4.78, 5) is 2.50. The van der Waals surface area contributed by atoms with E-state index in [1.54, 1.807) is 17.4 Å². The van der Waals surface area contributed by atoms with Crippen LogP contribution in [0, 0.1) is 19.7 Å². The lowest BCUT2D eigenvalue weighted by molar-refractivity contribution is 0.626. The topological polar surface area (TPSA) is 12.0 Å². The maximum absolute atomic E-state index is 13.7. The highest BCUT2D eigenvalue weighted by Crippen LogP contribution is 2.28. The molecule has 1 N–H and O–H groups in total. The summed E-state index contributed by atoms with van der Waals surface area (Å²) >= 11 is 1.74. The van der Waals surface area contributed by atoms with Gasteiger partial charge in [-0.1, -0.05) is 12.1 Å². The Bertz CT molecular complexity index is 498. The number of para-hydroxylation sites is 1. The molecule has 0 amide bonds. The summed E-state index contributed by atoms with van der Waals surface area (Å²) < 4.78 is 13.7. The van der Waals surface area contributed by atoms with Crippen molar-refractivity contribution in [3.8, 4) is 0 Å². The van der Waals surface area contributed by atoms with E-state index in [-0.39, 0.29) is 11.9 Å². The van der Waals surface area contributed by atoms with Crippen molar-refractivity contribution >= 4 is 17.0 Å². The number of aryl methyl sites for hydroxylation is 2. The normalized spacial score (nSPS) is 12.5. The fourth-order valence-corrected chi connectivity index (χ4v) is 2.67. The minimum atomic E-state index is -0.190. The SMILES string of the molecule is Cc1ccc(C(C)Nc2c(C)cccc2F)s1. The van der Waals surface area contributed by atoms with E-state index in [0.29, 0.717) is 5.69 Å². The van der Waals surface area contributed by atoms with Crippen LogP contribution in [0.15, 0.2) is 30.3 Å². The molecule has 0 radical (unpaired) electrons. The summed E-state index contributed by atoms with van der Waals surface area (Å²) in [6.45, 7) is 6.05. The molecule has 0 aliphatic heterocycles. The smallest absolute Gasteiger partial charge is 0.146 e. The van der Waals surface area contributed by atoms with Crippen LogP contribution in [0.5, 0.6) is 0 Å². The Labute approximate surface area is 105 Å². The van der Waals surface area contributed by atoms with Gasteiger partial charge in [0.1, 0.15) is 5.82 Å². The third-order valence-electron chi connectivity index (χ3n) is 2.77. The zero-order valence-corrected chi connectivity index (χ0v) is 11.1. The summed E-state index contributed by atoms with van der Waals surface area (Å²) in [5, 5.41) is 3.24. The van der Waals surface area contributed by atoms with E-state index in [1.165, 1.54) is 15.8 Å². The average molecular weight is 249 g/mol. The predicted molar refractivity (Wildman–Crippen MR) is 72.2 cm³/mol. The van der Waals surface area contributed by atoms with Crippen molar-refractivity contribution in [2.45, 2.75) is 26.8 Å². The molecule has 1 aromatic heterocycles. The van der Waals surface area contributed by atoms with E-state index in [2.05, 4.69) is 31.3 Å². The van der Waals surface area contributed by atoms with Crippen molar-refractivity contribution in [2.24, 2.45) is 0 Å². The zero-order valence-electron chi connectivity index (χ0n) is 10.3. The molecule has 0 aliphatic carbocycles. The van der Waals surface area contributed by atoms with Gasteiger partial charge in [0.2, 0.25) is 0 Å². The Balaban J connectivity index is 2.21.